The van der Waals surface area contributed by atoms with E-state index in [2.05, 4.69) is 114 Å². The van der Waals surface area contributed by atoms with Crippen LogP contribution in [0.15, 0.2) is 60.7 Å². The first kappa shape index (κ1) is 19.6. The molecule has 0 saturated carbocycles. The normalized spacial score (nSPS) is 13.6. The number of aryl methyl sites for hydroxylation is 1. The fourth-order valence-corrected chi connectivity index (χ4v) is 3.71. The third-order valence-corrected chi connectivity index (χ3v) is 5.65. The quantitative estimate of drug-likeness (QED) is 0.327. The fraction of sp³-hybridized carbons (Fsp3) is 0.333. The molecule has 0 atom stereocenters. The molecule has 29 heavy (non-hydrogen) atoms. The van der Waals surface area contributed by atoms with Crippen LogP contribution in [0.25, 0.3) is 0 Å². The van der Waals surface area contributed by atoms with Crippen molar-refractivity contribution in [2.75, 3.05) is 4.90 Å². The van der Waals surface area contributed by atoms with Gasteiger partial charge in [-0.2, -0.15) is 0 Å². The smallest absolute Gasteiger partial charge is 0.151 e. The summed E-state index contributed by atoms with van der Waals surface area (Å²) in [6.07, 6.45) is 0. The summed E-state index contributed by atoms with van der Waals surface area (Å²) in [5, 5.41) is 0. The van der Waals surface area contributed by atoms with Crippen LogP contribution in [0.5, 0.6) is 11.5 Å². The van der Waals surface area contributed by atoms with E-state index in [1.165, 1.54) is 16.7 Å². The van der Waals surface area contributed by atoms with Gasteiger partial charge >= 0.3 is 0 Å². The van der Waals surface area contributed by atoms with E-state index in [-0.39, 0.29) is 10.8 Å². The van der Waals surface area contributed by atoms with Gasteiger partial charge in [-0.15, -0.1) is 0 Å². The summed E-state index contributed by atoms with van der Waals surface area (Å²) in [4.78, 5) is 2.31. The number of rotatable bonds is 1. The van der Waals surface area contributed by atoms with E-state index in [4.69, 9.17) is 4.74 Å². The van der Waals surface area contributed by atoms with E-state index >= 15 is 0 Å². The van der Waals surface area contributed by atoms with Gasteiger partial charge in [0, 0.05) is 5.69 Å². The summed E-state index contributed by atoms with van der Waals surface area (Å²) in [5.74, 6) is 1.83. The van der Waals surface area contributed by atoms with Gasteiger partial charge in [-0.05, 0) is 65.3 Å². The Bertz CT molecular complexity index is 986. The number of benzene rings is 3. The molecule has 0 amide bonds. The van der Waals surface area contributed by atoms with Gasteiger partial charge in [0.1, 0.15) is 0 Å². The highest BCUT2D eigenvalue weighted by Gasteiger charge is 2.29. The SMILES string of the molecule is Cc1ccc(N2c3ccc(C(C)(C)C)cc3Oc3cc(C(C)(C)C)ccc32)cc1. The van der Waals surface area contributed by atoms with Crippen LogP contribution in [0, 0.1) is 6.92 Å². The van der Waals surface area contributed by atoms with E-state index < -0.39 is 0 Å². The molecule has 4 rings (SSSR count). The Morgan fingerprint density at radius 3 is 1.48 bits per heavy atom. The Kier molecular flexibility index (Phi) is 4.49. The summed E-state index contributed by atoms with van der Waals surface area (Å²) in [5.41, 5.74) is 7.25. The fourth-order valence-electron chi connectivity index (χ4n) is 3.71. The van der Waals surface area contributed by atoms with Crippen molar-refractivity contribution in [2.45, 2.75) is 59.3 Å². The number of nitrogens with zero attached hydrogens (tertiary/aromatic N) is 1. The Balaban J connectivity index is 1.92. The molecule has 0 aliphatic carbocycles. The molecule has 0 aromatic heterocycles. The molecule has 1 aliphatic heterocycles. The highest BCUT2D eigenvalue weighted by molar-refractivity contribution is 5.86. The first-order chi connectivity index (χ1) is 13.5. The second kappa shape index (κ2) is 6.66. The van der Waals surface area contributed by atoms with Gasteiger partial charge in [0.05, 0.1) is 11.4 Å². The summed E-state index contributed by atoms with van der Waals surface area (Å²) in [6, 6.07) is 21.9. The molecule has 0 radical (unpaired) electrons. The number of fused-ring (bicyclic) bond motifs is 2. The molecule has 3 aromatic carbocycles. The maximum absolute atomic E-state index is 6.48. The van der Waals surface area contributed by atoms with E-state index in [1.807, 2.05) is 0 Å². The van der Waals surface area contributed by atoms with Crippen molar-refractivity contribution in [1.82, 2.24) is 0 Å². The predicted molar refractivity (Wildman–Crippen MR) is 123 cm³/mol. The van der Waals surface area contributed by atoms with Crippen molar-refractivity contribution in [2.24, 2.45) is 0 Å². The molecule has 1 aliphatic rings. The van der Waals surface area contributed by atoms with Gasteiger partial charge in [0.25, 0.3) is 0 Å². The van der Waals surface area contributed by atoms with Crippen LogP contribution in [0.4, 0.5) is 17.1 Å². The molecule has 0 saturated heterocycles. The maximum Gasteiger partial charge on any atom is 0.151 e. The van der Waals surface area contributed by atoms with Gasteiger partial charge in [-0.3, -0.25) is 0 Å². The lowest BCUT2D eigenvalue weighted by Crippen LogP contribution is -2.19. The Hall–Kier alpha value is -2.74. The Morgan fingerprint density at radius 2 is 1.07 bits per heavy atom. The molecular formula is C27H31NO. The zero-order valence-corrected chi connectivity index (χ0v) is 18.6. The average molecular weight is 386 g/mol. The van der Waals surface area contributed by atoms with E-state index in [0.29, 0.717) is 0 Å². The van der Waals surface area contributed by atoms with Crippen LogP contribution in [-0.4, -0.2) is 0 Å². The molecule has 150 valence electrons. The van der Waals surface area contributed by atoms with Crippen LogP contribution < -0.4 is 9.64 Å². The molecule has 0 fully saturated rings. The van der Waals surface area contributed by atoms with E-state index in [1.54, 1.807) is 0 Å². The lowest BCUT2D eigenvalue weighted by Gasteiger charge is -2.35. The minimum absolute atomic E-state index is 0.0701. The van der Waals surface area contributed by atoms with Gasteiger partial charge in [-0.1, -0.05) is 71.4 Å². The molecule has 2 heteroatoms. The van der Waals surface area contributed by atoms with Crippen LogP contribution in [0.3, 0.4) is 0 Å². The van der Waals surface area contributed by atoms with Crippen molar-refractivity contribution in [3.63, 3.8) is 0 Å². The minimum atomic E-state index is 0.0701. The van der Waals surface area contributed by atoms with Crippen LogP contribution >= 0.6 is 0 Å². The van der Waals surface area contributed by atoms with Crippen molar-refractivity contribution in [3.05, 3.63) is 77.4 Å². The van der Waals surface area contributed by atoms with Gasteiger partial charge < -0.3 is 9.64 Å². The van der Waals surface area contributed by atoms with E-state index in [9.17, 15) is 0 Å². The molecule has 1 heterocycles. The number of ether oxygens (including phenoxy) is 1. The van der Waals surface area contributed by atoms with Crippen molar-refractivity contribution in [1.29, 1.82) is 0 Å². The Labute approximate surface area is 175 Å². The zero-order chi connectivity index (χ0) is 21.0. The standard InChI is InChI=1S/C27H31NO/c1-18-8-12-21(13-9-18)28-22-14-10-19(26(2,3)4)16-24(22)29-25-17-20(27(5,6)7)11-15-23(25)28/h8-17H,1-7H3. The number of anilines is 3. The molecule has 0 N–H and O–H groups in total. The maximum atomic E-state index is 6.48. The first-order valence-corrected chi connectivity index (χ1v) is 10.4. The highest BCUT2D eigenvalue weighted by Crippen LogP contribution is 2.52. The van der Waals surface area contributed by atoms with Crippen LogP contribution in [0.1, 0.15) is 58.2 Å². The van der Waals surface area contributed by atoms with Crippen molar-refractivity contribution < 1.29 is 4.74 Å². The largest absolute Gasteiger partial charge is 0.453 e. The first-order valence-electron chi connectivity index (χ1n) is 10.4. The second-order valence-corrected chi connectivity index (χ2v) is 10.1. The Morgan fingerprint density at radius 1 is 0.621 bits per heavy atom. The number of hydrogen-bond donors (Lipinski definition) is 0. The lowest BCUT2D eigenvalue weighted by atomic mass is 9.86. The lowest BCUT2D eigenvalue weighted by molar-refractivity contribution is 0.469. The summed E-state index contributed by atoms with van der Waals surface area (Å²) in [6.45, 7) is 15.5. The average Bonchev–Trinajstić information content (AvgIpc) is 2.64. The zero-order valence-electron chi connectivity index (χ0n) is 18.6. The molecule has 0 bridgehead atoms. The summed E-state index contributed by atoms with van der Waals surface area (Å²) < 4.78 is 6.48. The summed E-state index contributed by atoms with van der Waals surface area (Å²) >= 11 is 0. The topological polar surface area (TPSA) is 12.5 Å². The van der Waals surface area contributed by atoms with Gasteiger partial charge in [0.2, 0.25) is 0 Å². The predicted octanol–water partition coefficient (Wildman–Crippen LogP) is 8.17. The molecule has 2 nitrogen and oxygen atoms in total. The molecule has 3 aromatic rings. The third kappa shape index (κ3) is 3.64. The van der Waals surface area contributed by atoms with Gasteiger partial charge in [0.15, 0.2) is 11.5 Å². The van der Waals surface area contributed by atoms with Crippen molar-refractivity contribution >= 4 is 17.1 Å². The third-order valence-electron chi connectivity index (χ3n) is 5.65. The minimum Gasteiger partial charge on any atom is -0.453 e. The molecule has 0 spiro atoms. The van der Waals surface area contributed by atoms with Crippen molar-refractivity contribution in [3.8, 4) is 11.5 Å². The monoisotopic (exact) mass is 385 g/mol. The van der Waals surface area contributed by atoms with Crippen LogP contribution in [0.2, 0.25) is 0 Å². The highest BCUT2D eigenvalue weighted by atomic mass is 16.5. The molecule has 0 unspecified atom stereocenters. The van der Waals surface area contributed by atoms with Crippen LogP contribution in [-0.2, 0) is 10.8 Å². The van der Waals surface area contributed by atoms with E-state index in [0.717, 1.165) is 28.6 Å². The van der Waals surface area contributed by atoms with Gasteiger partial charge in [-0.25, -0.2) is 0 Å². The summed E-state index contributed by atoms with van der Waals surface area (Å²) in [7, 11) is 0. The second-order valence-electron chi connectivity index (χ2n) is 10.1. The molecular weight excluding hydrogens is 354 g/mol. The number of hydrogen-bond acceptors (Lipinski definition) is 2.